The van der Waals surface area contributed by atoms with Crippen molar-refractivity contribution in [1.82, 2.24) is 4.98 Å². The summed E-state index contributed by atoms with van der Waals surface area (Å²) in [6.45, 7) is 0.600. The van der Waals surface area contributed by atoms with Gasteiger partial charge in [0.2, 0.25) is 5.06 Å². The van der Waals surface area contributed by atoms with Crippen LogP contribution in [0, 0.1) is 11.3 Å². The van der Waals surface area contributed by atoms with Gasteiger partial charge in [-0.2, -0.15) is 5.26 Å². The molecule has 1 heterocycles. The Labute approximate surface area is 229 Å². The van der Waals surface area contributed by atoms with Gasteiger partial charge in [0.1, 0.15) is 29.6 Å². The molecule has 0 aliphatic carbocycles. The lowest BCUT2D eigenvalue weighted by molar-refractivity contribution is 0.102. The lowest BCUT2D eigenvalue weighted by Crippen LogP contribution is -2.12. The van der Waals surface area contributed by atoms with Gasteiger partial charge in [-0.25, -0.2) is 13.4 Å². The number of methoxy groups -OCH3 is 1. The molecule has 10 nitrogen and oxygen atoms in total. The third-order valence-corrected chi connectivity index (χ3v) is 6.99. The van der Waals surface area contributed by atoms with E-state index in [1.54, 1.807) is 43.5 Å². The van der Waals surface area contributed by atoms with E-state index in [9.17, 15) is 13.2 Å². The molecule has 0 radical (unpaired) electrons. The van der Waals surface area contributed by atoms with E-state index in [1.807, 2.05) is 0 Å². The number of nitrogens with zero attached hydrogens (tertiary/aromatic N) is 2. The highest BCUT2D eigenvalue weighted by Crippen LogP contribution is 2.32. The van der Waals surface area contributed by atoms with Gasteiger partial charge in [-0.05, 0) is 54.6 Å². The standard InChI is InChI=1S/C27H23N3O7S2/c1-34-10-11-35-22-13-19(14-23(15-22)36-20-6-8-24(9-7-20)39(2,32)33)26(31)30-27-29-17-25(38-27)37-21-5-3-4-18(12-21)16-28/h3-9,12-15,17H,10-11H2,1-2H3,(H,29,30,31). The van der Waals surface area contributed by atoms with Gasteiger partial charge in [-0.3, -0.25) is 10.1 Å². The average molecular weight is 566 g/mol. The number of sulfone groups is 1. The molecule has 0 atom stereocenters. The molecule has 4 aromatic rings. The van der Waals surface area contributed by atoms with E-state index in [2.05, 4.69) is 16.4 Å². The number of anilines is 1. The molecule has 0 aliphatic rings. The summed E-state index contributed by atoms with van der Waals surface area (Å²) >= 11 is 1.12. The van der Waals surface area contributed by atoms with E-state index in [-0.39, 0.29) is 17.1 Å². The van der Waals surface area contributed by atoms with Gasteiger partial charge in [-0.15, -0.1) is 0 Å². The summed E-state index contributed by atoms with van der Waals surface area (Å²) in [7, 11) is -1.80. The number of benzene rings is 3. The number of hydrogen-bond acceptors (Lipinski definition) is 10. The van der Waals surface area contributed by atoms with Crippen molar-refractivity contribution in [3.05, 3.63) is 84.1 Å². The van der Waals surface area contributed by atoms with Crippen molar-refractivity contribution in [2.45, 2.75) is 4.90 Å². The number of aromatic nitrogens is 1. The van der Waals surface area contributed by atoms with Gasteiger partial charge in [-0.1, -0.05) is 17.4 Å². The lowest BCUT2D eigenvalue weighted by atomic mass is 10.2. The first-order chi connectivity index (χ1) is 18.7. The van der Waals surface area contributed by atoms with Gasteiger partial charge in [0.15, 0.2) is 15.0 Å². The highest BCUT2D eigenvalue weighted by Gasteiger charge is 2.15. The maximum absolute atomic E-state index is 13.1. The molecule has 1 amide bonds. The second-order valence-electron chi connectivity index (χ2n) is 8.06. The van der Waals surface area contributed by atoms with E-state index in [0.29, 0.717) is 45.4 Å². The molecular formula is C27H23N3O7S2. The quantitative estimate of drug-likeness (QED) is 0.241. The van der Waals surface area contributed by atoms with Crippen LogP contribution in [-0.4, -0.2) is 45.9 Å². The Morgan fingerprint density at radius 3 is 2.46 bits per heavy atom. The fourth-order valence-corrected chi connectivity index (χ4v) is 4.57. The van der Waals surface area contributed by atoms with E-state index in [1.165, 1.54) is 36.5 Å². The number of nitriles is 1. The summed E-state index contributed by atoms with van der Waals surface area (Å²) in [5, 5.41) is 12.5. The molecule has 39 heavy (non-hydrogen) atoms. The van der Waals surface area contributed by atoms with Crippen LogP contribution in [0.2, 0.25) is 0 Å². The molecule has 0 saturated heterocycles. The Hall–Kier alpha value is -4.44. The molecule has 0 aliphatic heterocycles. The number of nitrogens with one attached hydrogen (secondary N) is 1. The Bertz CT molecular complexity index is 1610. The number of rotatable bonds is 11. The molecule has 0 bridgehead atoms. The minimum absolute atomic E-state index is 0.163. The van der Waals surface area contributed by atoms with Crippen molar-refractivity contribution in [2.75, 3.05) is 31.9 Å². The largest absolute Gasteiger partial charge is 0.491 e. The van der Waals surface area contributed by atoms with Crippen LogP contribution in [0.25, 0.3) is 0 Å². The summed E-state index contributed by atoms with van der Waals surface area (Å²) < 4.78 is 45.8. The SMILES string of the molecule is COCCOc1cc(Oc2ccc(S(C)(=O)=O)cc2)cc(C(=O)Nc2ncc(Oc3cccc(C#N)c3)s2)c1. The molecule has 1 aromatic heterocycles. The molecule has 1 N–H and O–H groups in total. The van der Waals surface area contributed by atoms with Crippen LogP contribution in [0.4, 0.5) is 5.13 Å². The molecule has 200 valence electrons. The van der Waals surface area contributed by atoms with Crippen molar-refractivity contribution in [1.29, 1.82) is 5.26 Å². The smallest absolute Gasteiger partial charge is 0.257 e. The zero-order valence-corrected chi connectivity index (χ0v) is 22.5. The van der Waals surface area contributed by atoms with Crippen molar-refractivity contribution in [2.24, 2.45) is 0 Å². The third-order valence-electron chi connectivity index (χ3n) is 5.07. The first-order valence-corrected chi connectivity index (χ1v) is 14.1. The van der Waals surface area contributed by atoms with Crippen LogP contribution in [0.15, 0.2) is 77.8 Å². The summed E-state index contributed by atoms with van der Waals surface area (Å²) in [6, 6.07) is 19.4. The van der Waals surface area contributed by atoms with Crippen LogP contribution >= 0.6 is 11.3 Å². The van der Waals surface area contributed by atoms with Crippen molar-refractivity contribution >= 4 is 32.2 Å². The monoisotopic (exact) mass is 565 g/mol. The highest BCUT2D eigenvalue weighted by molar-refractivity contribution is 7.90. The minimum atomic E-state index is -3.35. The molecule has 4 rings (SSSR count). The minimum Gasteiger partial charge on any atom is -0.491 e. The lowest BCUT2D eigenvalue weighted by Gasteiger charge is -2.12. The van der Waals surface area contributed by atoms with Gasteiger partial charge >= 0.3 is 0 Å². The Balaban J connectivity index is 1.51. The van der Waals surface area contributed by atoms with Crippen molar-refractivity contribution < 1.29 is 32.2 Å². The fourth-order valence-electron chi connectivity index (χ4n) is 3.26. The van der Waals surface area contributed by atoms with E-state index in [4.69, 9.17) is 24.2 Å². The number of carbonyl (C=O) groups excluding carboxylic acids is 1. The maximum Gasteiger partial charge on any atom is 0.257 e. The Kier molecular flexibility index (Phi) is 8.77. The summed E-state index contributed by atoms with van der Waals surface area (Å²) in [6.07, 6.45) is 2.59. The van der Waals surface area contributed by atoms with E-state index >= 15 is 0 Å². The summed E-state index contributed by atoms with van der Waals surface area (Å²) in [4.78, 5) is 17.4. The number of amides is 1. The number of thiazole rings is 1. The molecule has 0 fully saturated rings. The predicted octanol–water partition coefficient (Wildman–Crippen LogP) is 5.28. The van der Waals surface area contributed by atoms with Crippen LogP contribution in [-0.2, 0) is 14.6 Å². The number of hydrogen-bond donors (Lipinski definition) is 1. The first kappa shape index (κ1) is 27.6. The maximum atomic E-state index is 13.1. The second-order valence-corrected chi connectivity index (χ2v) is 11.1. The fraction of sp³-hybridized carbons (Fsp3) is 0.148. The van der Waals surface area contributed by atoms with Gasteiger partial charge < -0.3 is 18.9 Å². The van der Waals surface area contributed by atoms with E-state index in [0.717, 1.165) is 17.6 Å². The number of carbonyl (C=O) groups is 1. The Morgan fingerprint density at radius 2 is 1.74 bits per heavy atom. The Morgan fingerprint density at radius 1 is 0.974 bits per heavy atom. The molecular weight excluding hydrogens is 542 g/mol. The van der Waals surface area contributed by atoms with Crippen molar-refractivity contribution in [3.8, 4) is 34.1 Å². The average Bonchev–Trinajstić information content (AvgIpc) is 3.35. The molecule has 0 spiro atoms. The normalized spacial score (nSPS) is 10.9. The van der Waals surface area contributed by atoms with E-state index < -0.39 is 15.7 Å². The summed E-state index contributed by atoms with van der Waals surface area (Å²) in [5.74, 6) is 1.08. The van der Waals surface area contributed by atoms with Gasteiger partial charge in [0.25, 0.3) is 5.91 Å². The van der Waals surface area contributed by atoms with Crippen LogP contribution in [0.5, 0.6) is 28.1 Å². The van der Waals surface area contributed by atoms with Crippen LogP contribution in [0.3, 0.4) is 0 Å². The molecule has 0 unspecified atom stereocenters. The first-order valence-electron chi connectivity index (χ1n) is 11.4. The third kappa shape index (κ3) is 7.78. The predicted molar refractivity (Wildman–Crippen MR) is 145 cm³/mol. The van der Waals surface area contributed by atoms with Crippen LogP contribution in [0.1, 0.15) is 15.9 Å². The van der Waals surface area contributed by atoms with Gasteiger partial charge in [0, 0.05) is 25.0 Å². The topological polar surface area (TPSA) is 137 Å². The molecule has 12 heteroatoms. The van der Waals surface area contributed by atoms with Crippen LogP contribution < -0.4 is 19.5 Å². The van der Waals surface area contributed by atoms with Crippen molar-refractivity contribution in [3.63, 3.8) is 0 Å². The molecule has 3 aromatic carbocycles. The summed E-state index contributed by atoms with van der Waals surface area (Å²) in [5.41, 5.74) is 0.703. The zero-order chi connectivity index (χ0) is 27.8. The zero-order valence-electron chi connectivity index (χ0n) is 20.9. The van der Waals surface area contributed by atoms with Gasteiger partial charge in [0.05, 0.1) is 29.3 Å². The number of ether oxygens (including phenoxy) is 4. The molecule has 0 saturated carbocycles. The highest BCUT2D eigenvalue weighted by atomic mass is 32.2. The second kappa shape index (κ2) is 12.4.